The first kappa shape index (κ1) is 22.4. The molecule has 0 aliphatic rings. The molecule has 0 saturated heterocycles. The van der Waals surface area contributed by atoms with Crippen molar-refractivity contribution in [1.82, 2.24) is 4.90 Å². The van der Waals surface area contributed by atoms with E-state index >= 15 is 0 Å². The molecule has 0 aliphatic heterocycles. The van der Waals surface area contributed by atoms with Gasteiger partial charge in [-0.15, -0.1) is 35.9 Å². The van der Waals surface area contributed by atoms with Gasteiger partial charge in [-0.1, -0.05) is 55.8 Å². The summed E-state index contributed by atoms with van der Waals surface area (Å²) in [6.07, 6.45) is 2.56. The van der Waals surface area contributed by atoms with Gasteiger partial charge in [0.15, 0.2) is 0 Å². The summed E-state index contributed by atoms with van der Waals surface area (Å²) in [7, 11) is 4.28. The van der Waals surface area contributed by atoms with Gasteiger partial charge in [0, 0.05) is 17.2 Å². The Hall–Kier alpha value is -0.610. The number of halogens is 1. The van der Waals surface area contributed by atoms with E-state index in [-0.39, 0.29) is 12.4 Å². The molecule has 1 nitrogen and oxygen atoms in total. The third-order valence-electron chi connectivity index (χ3n) is 3.87. The Bertz CT molecular complexity index is 572. The summed E-state index contributed by atoms with van der Waals surface area (Å²) in [6.45, 7) is 3.36. The Morgan fingerprint density at radius 2 is 1.52 bits per heavy atom. The maximum atomic E-state index is 2.31. The van der Waals surface area contributed by atoms with Crippen LogP contribution in [-0.4, -0.2) is 37.0 Å². The predicted molar refractivity (Wildman–Crippen MR) is 119 cm³/mol. The Kier molecular flexibility index (Phi) is 11.4. The number of benzene rings is 2. The molecule has 2 rings (SSSR count). The molecular weight excluding hydrogens is 366 g/mol. The lowest BCUT2D eigenvalue weighted by Gasteiger charge is -2.19. The maximum absolute atomic E-state index is 2.31. The van der Waals surface area contributed by atoms with Crippen LogP contribution in [0.3, 0.4) is 0 Å². The summed E-state index contributed by atoms with van der Waals surface area (Å²) >= 11 is 4.00. The largest absolute Gasteiger partial charge is 0.309 e. The first-order valence-corrected chi connectivity index (χ1v) is 10.8. The minimum absolute atomic E-state index is 0. The first-order chi connectivity index (χ1) is 11.7. The molecule has 0 N–H and O–H groups in total. The van der Waals surface area contributed by atoms with E-state index in [1.165, 1.54) is 34.6 Å². The fourth-order valence-corrected chi connectivity index (χ4v) is 4.84. The highest BCUT2D eigenvalue weighted by molar-refractivity contribution is 7.99. The van der Waals surface area contributed by atoms with Crippen LogP contribution in [0.5, 0.6) is 0 Å². The van der Waals surface area contributed by atoms with Gasteiger partial charge in [-0.05, 0) is 49.5 Å². The third kappa shape index (κ3) is 8.08. The minimum atomic E-state index is 0. The van der Waals surface area contributed by atoms with E-state index in [2.05, 4.69) is 80.5 Å². The zero-order valence-corrected chi connectivity index (χ0v) is 17.9. The minimum Gasteiger partial charge on any atom is -0.309 e. The van der Waals surface area contributed by atoms with Crippen molar-refractivity contribution in [3.8, 4) is 0 Å². The molecule has 0 spiro atoms. The van der Waals surface area contributed by atoms with Gasteiger partial charge in [-0.3, -0.25) is 0 Å². The second-order valence-electron chi connectivity index (χ2n) is 6.24. The Balaban J connectivity index is 0.00000312. The normalized spacial score (nSPS) is 12.0. The molecule has 0 aliphatic carbocycles. The number of unbranched alkanes of at least 4 members (excludes halogenated alkanes) is 1. The molecule has 2 aromatic carbocycles. The van der Waals surface area contributed by atoms with Crippen molar-refractivity contribution in [2.24, 2.45) is 0 Å². The molecule has 0 saturated carbocycles. The highest BCUT2D eigenvalue weighted by Gasteiger charge is 2.14. The molecule has 2 aromatic rings. The molecule has 0 aromatic heterocycles. The van der Waals surface area contributed by atoms with Gasteiger partial charge in [-0.25, -0.2) is 0 Å². The van der Waals surface area contributed by atoms with E-state index < -0.39 is 0 Å². The number of rotatable bonds is 10. The molecule has 0 amide bonds. The van der Waals surface area contributed by atoms with E-state index in [0.29, 0.717) is 5.25 Å². The lowest BCUT2D eigenvalue weighted by molar-refractivity contribution is 0.437. The Morgan fingerprint density at radius 1 is 0.880 bits per heavy atom. The second-order valence-corrected chi connectivity index (χ2v) is 8.62. The van der Waals surface area contributed by atoms with Gasteiger partial charge in [0.2, 0.25) is 0 Å². The van der Waals surface area contributed by atoms with Gasteiger partial charge in [-0.2, -0.15) is 0 Å². The molecule has 4 heteroatoms. The maximum Gasteiger partial charge on any atom is 0.0547 e. The van der Waals surface area contributed by atoms with Gasteiger partial charge in [0.05, 0.1) is 5.25 Å². The predicted octanol–water partition coefficient (Wildman–Crippen LogP) is 6.38. The van der Waals surface area contributed by atoms with Crippen LogP contribution in [0.15, 0.2) is 59.5 Å². The van der Waals surface area contributed by atoms with Crippen LogP contribution >= 0.6 is 35.9 Å². The Labute approximate surface area is 168 Å². The van der Waals surface area contributed by atoms with Crippen LogP contribution in [0.4, 0.5) is 0 Å². The van der Waals surface area contributed by atoms with Crippen LogP contribution in [0.1, 0.15) is 36.1 Å². The van der Waals surface area contributed by atoms with Gasteiger partial charge in [0.25, 0.3) is 0 Å². The van der Waals surface area contributed by atoms with E-state index in [4.69, 9.17) is 0 Å². The fourth-order valence-electron chi connectivity index (χ4n) is 2.44. The summed E-state index contributed by atoms with van der Waals surface area (Å²) in [5, 5.41) is 0.417. The van der Waals surface area contributed by atoms with Crippen LogP contribution in [0.25, 0.3) is 0 Å². The van der Waals surface area contributed by atoms with Crippen LogP contribution in [0, 0.1) is 0 Å². The lowest BCUT2D eigenvalue weighted by atomic mass is 10.0. The zero-order valence-electron chi connectivity index (χ0n) is 15.5. The lowest BCUT2D eigenvalue weighted by Crippen LogP contribution is -2.15. The SMILES string of the molecule is CCCCSc1ccc([C@H](SCCN(C)C)c2ccccc2)cc1.Cl. The number of thioether (sulfide) groups is 2. The fraction of sp³-hybridized carbons (Fsp3) is 0.429. The summed E-state index contributed by atoms with van der Waals surface area (Å²) < 4.78 is 0. The standard InChI is InChI=1S/C21H29NS2.ClH/c1-4-5-16-23-20-13-11-19(12-14-20)21(24-17-15-22(2)3)18-9-7-6-8-10-18;/h6-14,21H,4-5,15-17H2,1-3H3;1H/t21-;/m1./s1. The van der Waals surface area contributed by atoms with Crippen molar-refractivity contribution < 1.29 is 0 Å². The van der Waals surface area contributed by atoms with Crippen molar-refractivity contribution in [2.75, 3.05) is 32.1 Å². The van der Waals surface area contributed by atoms with Crippen LogP contribution < -0.4 is 0 Å². The highest BCUT2D eigenvalue weighted by Crippen LogP contribution is 2.36. The monoisotopic (exact) mass is 395 g/mol. The average Bonchev–Trinajstić information content (AvgIpc) is 2.60. The van der Waals surface area contributed by atoms with E-state index in [0.717, 1.165) is 12.3 Å². The quantitative estimate of drug-likeness (QED) is 0.339. The van der Waals surface area contributed by atoms with Crippen LogP contribution in [0.2, 0.25) is 0 Å². The van der Waals surface area contributed by atoms with Gasteiger partial charge in [0.1, 0.15) is 0 Å². The number of nitrogens with zero attached hydrogens (tertiary/aromatic N) is 1. The van der Waals surface area contributed by atoms with Crippen molar-refractivity contribution in [3.05, 3.63) is 65.7 Å². The molecule has 0 bridgehead atoms. The molecule has 0 unspecified atom stereocenters. The highest BCUT2D eigenvalue weighted by atomic mass is 35.5. The molecule has 0 fully saturated rings. The summed E-state index contributed by atoms with van der Waals surface area (Å²) in [6, 6.07) is 20.1. The first-order valence-electron chi connectivity index (χ1n) is 8.74. The molecule has 0 heterocycles. The van der Waals surface area contributed by atoms with E-state index in [1.54, 1.807) is 0 Å². The number of hydrogen-bond donors (Lipinski definition) is 0. The number of hydrogen-bond acceptors (Lipinski definition) is 3. The Morgan fingerprint density at radius 3 is 2.12 bits per heavy atom. The van der Waals surface area contributed by atoms with Crippen molar-refractivity contribution in [2.45, 2.75) is 29.9 Å². The van der Waals surface area contributed by atoms with Crippen molar-refractivity contribution in [1.29, 1.82) is 0 Å². The van der Waals surface area contributed by atoms with E-state index in [9.17, 15) is 0 Å². The van der Waals surface area contributed by atoms with Gasteiger partial charge >= 0.3 is 0 Å². The van der Waals surface area contributed by atoms with Crippen molar-refractivity contribution in [3.63, 3.8) is 0 Å². The smallest absolute Gasteiger partial charge is 0.0547 e. The summed E-state index contributed by atoms with van der Waals surface area (Å²) in [5.41, 5.74) is 2.80. The molecule has 0 radical (unpaired) electrons. The molecule has 1 atom stereocenters. The average molecular weight is 396 g/mol. The van der Waals surface area contributed by atoms with E-state index in [1.807, 2.05) is 23.5 Å². The van der Waals surface area contributed by atoms with Gasteiger partial charge < -0.3 is 4.90 Å². The topological polar surface area (TPSA) is 3.24 Å². The summed E-state index contributed by atoms with van der Waals surface area (Å²) in [5.74, 6) is 2.36. The second kappa shape index (κ2) is 12.7. The van der Waals surface area contributed by atoms with Crippen LogP contribution in [-0.2, 0) is 0 Å². The van der Waals surface area contributed by atoms with Crippen molar-refractivity contribution >= 4 is 35.9 Å². The molecule has 25 heavy (non-hydrogen) atoms. The summed E-state index contributed by atoms with van der Waals surface area (Å²) in [4.78, 5) is 3.64. The molecule has 138 valence electrons. The third-order valence-corrected chi connectivity index (χ3v) is 6.27. The zero-order chi connectivity index (χ0) is 17.2. The molecular formula is C21H30ClNS2.